The third kappa shape index (κ3) is 5.36. The molecule has 1 aromatic carbocycles. The van der Waals surface area contributed by atoms with Gasteiger partial charge in [-0.3, -0.25) is 5.32 Å². The van der Waals surface area contributed by atoms with Gasteiger partial charge in [0.15, 0.2) is 0 Å². The molecular weight excluding hydrogens is 390 g/mol. The monoisotopic (exact) mass is 409 g/mol. The van der Waals surface area contributed by atoms with E-state index in [0.717, 1.165) is 0 Å². The number of methoxy groups -OCH3 is 1. The Morgan fingerprint density at radius 2 is 1.79 bits per heavy atom. The number of esters is 1. The normalized spacial score (nSPS) is 11.0. The SMILES string of the molecule is COc1nc(C)nc(NC(=O)NS(=O)(=O)c2ccccc2C(=O)OC(C)C)n1. The molecule has 0 saturated carbocycles. The van der Waals surface area contributed by atoms with Crippen LogP contribution in [0.1, 0.15) is 30.0 Å². The Labute approximate surface area is 161 Å². The minimum absolute atomic E-state index is 0.0487. The molecule has 0 bridgehead atoms. The zero-order valence-corrected chi connectivity index (χ0v) is 16.4. The molecule has 0 radical (unpaired) electrons. The highest BCUT2D eigenvalue weighted by Crippen LogP contribution is 2.17. The second kappa shape index (κ2) is 8.61. The molecule has 0 saturated heterocycles. The van der Waals surface area contributed by atoms with Gasteiger partial charge in [0.05, 0.1) is 18.8 Å². The number of sulfonamides is 1. The molecule has 0 aliphatic carbocycles. The molecular formula is C16H19N5O6S. The van der Waals surface area contributed by atoms with Crippen LogP contribution in [0, 0.1) is 6.92 Å². The topological polar surface area (TPSA) is 149 Å². The van der Waals surface area contributed by atoms with Crippen molar-refractivity contribution in [3.05, 3.63) is 35.7 Å². The van der Waals surface area contributed by atoms with Gasteiger partial charge < -0.3 is 9.47 Å². The van der Waals surface area contributed by atoms with Crippen LogP contribution in [0.3, 0.4) is 0 Å². The highest BCUT2D eigenvalue weighted by Gasteiger charge is 2.25. The van der Waals surface area contributed by atoms with Crippen molar-refractivity contribution in [2.45, 2.75) is 31.8 Å². The van der Waals surface area contributed by atoms with Crippen molar-refractivity contribution >= 4 is 28.0 Å². The van der Waals surface area contributed by atoms with E-state index in [1.807, 2.05) is 0 Å². The molecule has 0 spiro atoms. The van der Waals surface area contributed by atoms with Crippen LogP contribution in [-0.4, -0.2) is 48.6 Å². The molecule has 1 aromatic heterocycles. The van der Waals surface area contributed by atoms with Gasteiger partial charge in [-0.05, 0) is 32.9 Å². The minimum Gasteiger partial charge on any atom is -0.467 e. The second-order valence-electron chi connectivity index (χ2n) is 5.70. The fourth-order valence-electron chi connectivity index (χ4n) is 2.06. The first kappa shape index (κ1) is 21.0. The van der Waals surface area contributed by atoms with Gasteiger partial charge in [-0.2, -0.15) is 15.0 Å². The molecule has 2 amide bonds. The average molecular weight is 409 g/mol. The number of hydrogen-bond donors (Lipinski definition) is 2. The van der Waals surface area contributed by atoms with Crippen LogP contribution in [0.4, 0.5) is 10.7 Å². The minimum atomic E-state index is -4.38. The lowest BCUT2D eigenvalue weighted by molar-refractivity contribution is 0.0373. The standard InChI is InChI=1S/C16H19N5O6S/c1-9(2)27-13(22)11-7-5-6-8-12(11)28(24,25)21-15(23)19-14-17-10(3)18-16(20-14)26-4/h5-9H,1-4H3,(H2,17,18,19,20,21,23). The fourth-order valence-corrected chi connectivity index (χ4v) is 3.16. The van der Waals surface area contributed by atoms with Crippen molar-refractivity contribution in [3.8, 4) is 6.01 Å². The zero-order chi connectivity index (χ0) is 20.9. The summed E-state index contributed by atoms with van der Waals surface area (Å²) in [5.74, 6) is -0.773. The van der Waals surface area contributed by atoms with Crippen molar-refractivity contribution in [2.75, 3.05) is 12.4 Å². The van der Waals surface area contributed by atoms with Gasteiger partial charge in [-0.25, -0.2) is 22.7 Å². The molecule has 11 nitrogen and oxygen atoms in total. The molecule has 0 atom stereocenters. The molecule has 12 heteroatoms. The first-order chi connectivity index (χ1) is 13.1. The summed E-state index contributed by atoms with van der Waals surface area (Å²) in [6, 6.07) is 4.20. The van der Waals surface area contributed by atoms with E-state index >= 15 is 0 Å². The van der Waals surface area contributed by atoms with Gasteiger partial charge in [0.1, 0.15) is 10.7 Å². The molecule has 1 heterocycles. The Bertz CT molecular complexity index is 993. The maximum Gasteiger partial charge on any atom is 0.339 e. The predicted molar refractivity (Wildman–Crippen MR) is 97.4 cm³/mol. The lowest BCUT2D eigenvalue weighted by Crippen LogP contribution is -2.35. The summed E-state index contributed by atoms with van der Waals surface area (Å²) in [5, 5.41) is 2.18. The Hall–Kier alpha value is -3.28. The maximum absolute atomic E-state index is 12.6. The Balaban J connectivity index is 2.23. The van der Waals surface area contributed by atoms with Crippen LogP contribution in [-0.2, 0) is 14.8 Å². The number of benzene rings is 1. The van der Waals surface area contributed by atoms with Crippen molar-refractivity contribution in [1.29, 1.82) is 0 Å². The van der Waals surface area contributed by atoms with Gasteiger partial charge in [0.25, 0.3) is 10.0 Å². The van der Waals surface area contributed by atoms with E-state index in [9.17, 15) is 18.0 Å². The van der Waals surface area contributed by atoms with Gasteiger partial charge >= 0.3 is 18.0 Å². The summed E-state index contributed by atoms with van der Waals surface area (Å²) in [6.07, 6.45) is -0.443. The van der Waals surface area contributed by atoms with E-state index in [2.05, 4.69) is 20.3 Å². The Morgan fingerprint density at radius 1 is 1.11 bits per heavy atom. The number of urea groups is 1. The lowest BCUT2D eigenvalue weighted by Gasteiger charge is -2.13. The molecule has 0 aliphatic heterocycles. The van der Waals surface area contributed by atoms with E-state index < -0.39 is 33.0 Å². The van der Waals surface area contributed by atoms with Crippen molar-refractivity contribution in [3.63, 3.8) is 0 Å². The molecule has 0 fully saturated rings. The summed E-state index contributed by atoms with van der Waals surface area (Å²) >= 11 is 0. The number of amides is 2. The summed E-state index contributed by atoms with van der Waals surface area (Å²) in [5.41, 5.74) is -0.200. The highest BCUT2D eigenvalue weighted by molar-refractivity contribution is 7.90. The number of nitrogens with zero attached hydrogens (tertiary/aromatic N) is 3. The largest absolute Gasteiger partial charge is 0.467 e. The third-order valence-electron chi connectivity index (χ3n) is 3.10. The molecule has 2 N–H and O–H groups in total. The van der Waals surface area contributed by atoms with E-state index in [0.29, 0.717) is 0 Å². The summed E-state index contributed by atoms with van der Waals surface area (Å²) in [6.45, 7) is 4.80. The van der Waals surface area contributed by atoms with Crippen LogP contribution >= 0.6 is 0 Å². The molecule has 28 heavy (non-hydrogen) atoms. The van der Waals surface area contributed by atoms with Crippen LogP contribution in [0.15, 0.2) is 29.2 Å². The fraction of sp³-hybridized carbons (Fsp3) is 0.312. The summed E-state index contributed by atoms with van der Waals surface area (Å²) in [7, 11) is -3.05. The lowest BCUT2D eigenvalue weighted by atomic mass is 10.2. The second-order valence-corrected chi connectivity index (χ2v) is 7.35. The number of rotatable bonds is 6. The number of aryl methyl sites for hydroxylation is 1. The molecule has 2 rings (SSSR count). The van der Waals surface area contributed by atoms with Gasteiger partial charge in [-0.15, -0.1) is 0 Å². The van der Waals surface area contributed by atoms with Gasteiger partial charge in [-0.1, -0.05) is 12.1 Å². The van der Waals surface area contributed by atoms with Crippen LogP contribution in [0.25, 0.3) is 0 Å². The predicted octanol–water partition coefficient (Wildman–Crippen LogP) is 1.26. The first-order valence-corrected chi connectivity index (χ1v) is 9.51. The summed E-state index contributed by atoms with van der Waals surface area (Å²) in [4.78, 5) is 35.4. The van der Waals surface area contributed by atoms with E-state index in [4.69, 9.17) is 9.47 Å². The van der Waals surface area contributed by atoms with Crippen molar-refractivity contribution in [2.24, 2.45) is 0 Å². The third-order valence-corrected chi connectivity index (χ3v) is 4.49. The smallest absolute Gasteiger partial charge is 0.339 e. The quantitative estimate of drug-likeness (QED) is 0.672. The van der Waals surface area contributed by atoms with Crippen LogP contribution in [0.2, 0.25) is 0 Å². The molecule has 0 aliphatic rings. The molecule has 150 valence electrons. The Kier molecular flexibility index (Phi) is 6.46. The van der Waals surface area contributed by atoms with E-state index in [1.54, 1.807) is 25.5 Å². The van der Waals surface area contributed by atoms with Gasteiger partial charge in [0, 0.05) is 0 Å². The summed E-state index contributed by atoms with van der Waals surface area (Å²) < 4.78 is 36.8. The van der Waals surface area contributed by atoms with E-state index in [1.165, 1.54) is 31.4 Å². The maximum atomic E-state index is 12.6. The van der Waals surface area contributed by atoms with Crippen molar-refractivity contribution < 1.29 is 27.5 Å². The molecule has 0 unspecified atom stereocenters. The number of carbonyl (C=O) groups is 2. The zero-order valence-electron chi connectivity index (χ0n) is 15.6. The van der Waals surface area contributed by atoms with Crippen LogP contribution < -0.4 is 14.8 Å². The number of carbonyl (C=O) groups excluding carboxylic acids is 2. The number of anilines is 1. The van der Waals surface area contributed by atoms with Crippen molar-refractivity contribution in [1.82, 2.24) is 19.7 Å². The average Bonchev–Trinajstić information content (AvgIpc) is 2.60. The number of aromatic nitrogens is 3. The molecule has 2 aromatic rings. The number of hydrogen-bond acceptors (Lipinski definition) is 9. The van der Waals surface area contributed by atoms with E-state index in [-0.39, 0.29) is 23.3 Å². The van der Waals surface area contributed by atoms with Gasteiger partial charge in [0.2, 0.25) is 5.95 Å². The number of ether oxygens (including phenoxy) is 2. The Morgan fingerprint density at radius 3 is 2.43 bits per heavy atom. The highest BCUT2D eigenvalue weighted by atomic mass is 32.2. The number of nitrogens with one attached hydrogen (secondary N) is 2. The van der Waals surface area contributed by atoms with Crippen LogP contribution in [0.5, 0.6) is 6.01 Å². The first-order valence-electron chi connectivity index (χ1n) is 8.03.